The number of rotatable bonds is 6. The molecular weight excluding hydrogens is 359 g/mol. The lowest BCUT2D eigenvalue weighted by Gasteiger charge is -2.10. The molecule has 0 radical (unpaired) electrons. The van der Waals surface area contributed by atoms with Gasteiger partial charge in [-0.1, -0.05) is 42.5 Å². The van der Waals surface area contributed by atoms with E-state index in [0.29, 0.717) is 28.0 Å². The summed E-state index contributed by atoms with van der Waals surface area (Å²) in [7, 11) is 0. The van der Waals surface area contributed by atoms with Crippen molar-refractivity contribution in [3.63, 3.8) is 0 Å². The minimum Gasteiger partial charge on any atom is -0.488 e. The Hall–Kier alpha value is -3.98. The van der Waals surface area contributed by atoms with Crippen molar-refractivity contribution in [2.24, 2.45) is 0 Å². The highest BCUT2D eigenvalue weighted by Crippen LogP contribution is 2.26. The number of allylic oxidation sites excluding steroid dienone is 1. The van der Waals surface area contributed by atoms with E-state index < -0.39 is 10.7 Å². The summed E-state index contributed by atoms with van der Waals surface area (Å²) in [6.07, 6.45) is 1.62. The summed E-state index contributed by atoms with van der Waals surface area (Å²) in [5, 5.41) is 20.4. The molecule has 6 heteroatoms. The first-order chi connectivity index (χ1) is 13.6. The zero-order valence-corrected chi connectivity index (χ0v) is 14.7. The van der Waals surface area contributed by atoms with Gasteiger partial charge in [-0.05, 0) is 35.4 Å². The number of hydrogen-bond donors (Lipinski definition) is 0. The average Bonchev–Trinajstić information content (AvgIpc) is 2.71. The van der Waals surface area contributed by atoms with Crippen LogP contribution in [-0.2, 0) is 6.61 Å². The summed E-state index contributed by atoms with van der Waals surface area (Å²) in [5.74, 6) is 0.0898. The summed E-state index contributed by atoms with van der Waals surface area (Å²) < 4.78 is 19.3. The van der Waals surface area contributed by atoms with Crippen LogP contribution in [0.5, 0.6) is 5.75 Å². The van der Waals surface area contributed by atoms with Gasteiger partial charge in [-0.3, -0.25) is 10.1 Å². The van der Waals surface area contributed by atoms with Gasteiger partial charge < -0.3 is 4.74 Å². The lowest BCUT2D eigenvalue weighted by molar-refractivity contribution is -0.384. The van der Waals surface area contributed by atoms with Crippen molar-refractivity contribution >= 4 is 17.3 Å². The molecule has 0 fully saturated rings. The summed E-state index contributed by atoms with van der Waals surface area (Å²) in [6, 6.07) is 21.2. The zero-order chi connectivity index (χ0) is 19.9. The molecule has 0 saturated carbocycles. The number of nitrogens with zero attached hydrogens (tertiary/aromatic N) is 2. The van der Waals surface area contributed by atoms with Gasteiger partial charge in [0.1, 0.15) is 18.2 Å². The molecule has 0 aliphatic heterocycles. The Balaban J connectivity index is 1.86. The molecule has 28 heavy (non-hydrogen) atoms. The Morgan fingerprint density at radius 1 is 1.11 bits per heavy atom. The summed E-state index contributed by atoms with van der Waals surface area (Å²) >= 11 is 0. The topological polar surface area (TPSA) is 76.2 Å². The van der Waals surface area contributed by atoms with Gasteiger partial charge in [0.25, 0.3) is 5.69 Å². The number of hydrogen-bond acceptors (Lipinski definition) is 4. The number of ether oxygens (including phenoxy) is 1. The predicted octanol–water partition coefficient (Wildman–Crippen LogP) is 5.38. The lowest BCUT2D eigenvalue weighted by Crippen LogP contribution is -1.98. The summed E-state index contributed by atoms with van der Waals surface area (Å²) in [6.45, 7) is 0.133. The molecule has 0 amide bonds. The maximum Gasteiger partial charge on any atom is 0.269 e. The Bertz CT molecular complexity index is 1090. The fourth-order valence-electron chi connectivity index (χ4n) is 2.64. The van der Waals surface area contributed by atoms with Crippen LogP contribution in [0.2, 0.25) is 0 Å². The second-order valence-corrected chi connectivity index (χ2v) is 5.93. The number of nitro benzene ring substituents is 1. The molecule has 3 rings (SSSR count). The van der Waals surface area contributed by atoms with Crippen molar-refractivity contribution in [2.75, 3.05) is 0 Å². The van der Waals surface area contributed by atoms with Crippen LogP contribution < -0.4 is 4.74 Å². The standard InChI is InChI=1S/C22H15FN2O3/c23-20-8-4-7-17(13-20)19(14-24)12-18-6-1-2-10-22(18)28-15-16-5-3-9-21(11-16)25(26)27/h1-13H,15H2. The van der Waals surface area contributed by atoms with Crippen LogP contribution in [0.15, 0.2) is 72.8 Å². The van der Waals surface area contributed by atoms with Crippen LogP contribution >= 0.6 is 0 Å². The first-order valence-electron chi connectivity index (χ1n) is 8.40. The monoisotopic (exact) mass is 374 g/mol. The molecule has 0 heterocycles. The molecule has 3 aromatic rings. The van der Waals surface area contributed by atoms with E-state index in [2.05, 4.69) is 6.07 Å². The molecule has 0 bridgehead atoms. The largest absolute Gasteiger partial charge is 0.488 e. The summed E-state index contributed by atoms with van der Waals surface area (Å²) in [4.78, 5) is 10.4. The van der Waals surface area contributed by atoms with Gasteiger partial charge >= 0.3 is 0 Å². The van der Waals surface area contributed by atoms with Crippen LogP contribution in [0.3, 0.4) is 0 Å². The van der Waals surface area contributed by atoms with E-state index in [-0.39, 0.29) is 12.3 Å². The molecule has 0 spiro atoms. The maximum absolute atomic E-state index is 13.5. The van der Waals surface area contributed by atoms with Crippen molar-refractivity contribution in [2.45, 2.75) is 6.61 Å². The number of nitriles is 1. The number of non-ortho nitro benzene ring substituents is 1. The minimum absolute atomic E-state index is 0.00727. The second-order valence-electron chi connectivity index (χ2n) is 5.93. The molecule has 0 atom stereocenters. The first kappa shape index (κ1) is 18.8. The molecule has 0 aliphatic carbocycles. The zero-order valence-electron chi connectivity index (χ0n) is 14.7. The van der Waals surface area contributed by atoms with Gasteiger partial charge in [-0.2, -0.15) is 5.26 Å². The molecular formula is C22H15FN2O3. The van der Waals surface area contributed by atoms with Crippen LogP contribution in [0.4, 0.5) is 10.1 Å². The second kappa shape index (κ2) is 8.60. The van der Waals surface area contributed by atoms with E-state index in [0.717, 1.165) is 0 Å². The van der Waals surface area contributed by atoms with E-state index in [1.165, 1.54) is 24.3 Å². The van der Waals surface area contributed by atoms with E-state index >= 15 is 0 Å². The molecule has 0 aliphatic rings. The van der Waals surface area contributed by atoms with E-state index in [1.54, 1.807) is 54.6 Å². The van der Waals surface area contributed by atoms with E-state index in [1.807, 2.05) is 0 Å². The SMILES string of the molecule is N#CC(=Cc1ccccc1OCc1cccc([N+](=O)[O-])c1)c1cccc(F)c1. The summed E-state index contributed by atoms with van der Waals surface area (Å²) in [5.41, 5.74) is 2.06. The van der Waals surface area contributed by atoms with Crippen molar-refractivity contribution in [3.8, 4) is 11.8 Å². The number of halogens is 1. The fourth-order valence-corrected chi connectivity index (χ4v) is 2.64. The predicted molar refractivity (Wildman–Crippen MR) is 104 cm³/mol. The Labute approximate surface area is 161 Å². The highest BCUT2D eigenvalue weighted by Gasteiger charge is 2.09. The van der Waals surface area contributed by atoms with Crippen LogP contribution in [0, 0.1) is 27.3 Å². The number of nitro groups is 1. The third kappa shape index (κ3) is 4.59. The Morgan fingerprint density at radius 2 is 1.89 bits per heavy atom. The molecule has 0 unspecified atom stereocenters. The maximum atomic E-state index is 13.5. The average molecular weight is 374 g/mol. The van der Waals surface area contributed by atoms with Gasteiger partial charge in [0.15, 0.2) is 0 Å². The fraction of sp³-hybridized carbons (Fsp3) is 0.0455. The normalized spacial score (nSPS) is 10.9. The van der Waals surface area contributed by atoms with Crippen molar-refractivity contribution < 1.29 is 14.1 Å². The smallest absolute Gasteiger partial charge is 0.269 e. The highest BCUT2D eigenvalue weighted by atomic mass is 19.1. The Kier molecular flexibility index (Phi) is 5.78. The van der Waals surface area contributed by atoms with Gasteiger partial charge in [-0.25, -0.2) is 4.39 Å². The van der Waals surface area contributed by atoms with Crippen molar-refractivity contribution in [1.29, 1.82) is 5.26 Å². The molecule has 5 nitrogen and oxygen atoms in total. The third-order valence-corrected chi connectivity index (χ3v) is 3.99. The number of benzene rings is 3. The Morgan fingerprint density at radius 3 is 2.64 bits per heavy atom. The van der Waals surface area contributed by atoms with Crippen LogP contribution in [0.1, 0.15) is 16.7 Å². The first-order valence-corrected chi connectivity index (χ1v) is 8.40. The highest BCUT2D eigenvalue weighted by molar-refractivity contribution is 5.90. The van der Waals surface area contributed by atoms with E-state index in [9.17, 15) is 19.8 Å². The molecule has 138 valence electrons. The van der Waals surface area contributed by atoms with Crippen molar-refractivity contribution in [3.05, 3.63) is 105 Å². The van der Waals surface area contributed by atoms with Gasteiger partial charge in [-0.15, -0.1) is 0 Å². The van der Waals surface area contributed by atoms with E-state index in [4.69, 9.17) is 4.74 Å². The van der Waals surface area contributed by atoms with Gasteiger partial charge in [0, 0.05) is 17.7 Å². The van der Waals surface area contributed by atoms with Gasteiger partial charge in [0.2, 0.25) is 0 Å². The minimum atomic E-state index is -0.460. The molecule has 0 aromatic heterocycles. The molecule has 0 N–H and O–H groups in total. The molecule has 3 aromatic carbocycles. The van der Waals surface area contributed by atoms with Crippen molar-refractivity contribution in [1.82, 2.24) is 0 Å². The van der Waals surface area contributed by atoms with Crippen LogP contribution in [0.25, 0.3) is 11.6 Å². The van der Waals surface area contributed by atoms with Gasteiger partial charge in [0.05, 0.1) is 16.6 Å². The van der Waals surface area contributed by atoms with Crippen LogP contribution in [-0.4, -0.2) is 4.92 Å². The molecule has 0 saturated heterocycles. The third-order valence-electron chi connectivity index (χ3n) is 3.99. The number of para-hydroxylation sites is 1. The lowest BCUT2D eigenvalue weighted by atomic mass is 10.0. The quantitative estimate of drug-likeness (QED) is 0.251.